The molecule has 0 N–H and O–H groups in total. The number of carbonyl (C=O) groups is 1. The van der Waals surface area contributed by atoms with Crippen molar-refractivity contribution >= 4 is 17.6 Å². The summed E-state index contributed by atoms with van der Waals surface area (Å²) in [5.41, 5.74) is 0.346. The molecule has 86 valence electrons. The van der Waals surface area contributed by atoms with Crippen LogP contribution in [0.5, 0.6) is 5.75 Å². The minimum absolute atomic E-state index is 0.346. The number of halogens is 1. The van der Waals surface area contributed by atoms with Gasteiger partial charge in [0, 0.05) is 5.02 Å². The van der Waals surface area contributed by atoms with Gasteiger partial charge < -0.3 is 9.47 Å². The maximum Gasteiger partial charge on any atom is 0.343 e. The first-order chi connectivity index (χ1) is 7.67. The van der Waals surface area contributed by atoms with Gasteiger partial charge in [-0.15, -0.1) is 0 Å². The van der Waals surface area contributed by atoms with Gasteiger partial charge in [0.15, 0.2) is 0 Å². The van der Waals surface area contributed by atoms with E-state index >= 15 is 0 Å². The molecule has 0 amide bonds. The van der Waals surface area contributed by atoms with Gasteiger partial charge in [0.05, 0.1) is 18.4 Å². The molecule has 0 fully saturated rings. The second-order valence-corrected chi connectivity index (χ2v) is 3.53. The molecule has 0 aliphatic rings. The molecule has 0 saturated heterocycles. The molecule has 0 heterocycles. The fourth-order valence-corrected chi connectivity index (χ4v) is 1.35. The Bertz CT molecular complexity index is 388. The van der Waals surface area contributed by atoms with Crippen LogP contribution in [0.4, 0.5) is 0 Å². The van der Waals surface area contributed by atoms with E-state index in [1.165, 1.54) is 6.07 Å². The standard InChI is InChI=1S/C12H13ClO3/c1-3-5-16-11-7-9(6-10(13)8-11)12(14)15-4-2/h4,6-8H,2-3,5H2,1H3. The summed E-state index contributed by atoms with van der Waals surface area (Å²) in [5, 5.41) is 0.435. The Hall–Kier alpha value is -1.48. The zero-order chi connectivity index (χ0) is 12.0. The van der Waals surface area contributed by atoms with Gasteiger partial charge in [-0.1, -0.05) is 25.1 Å². The molecule has 0 saturated carbocycles. The van der Waals surface area contributed by atoms with E-state index in [0.29, 0.717) is 22.9 Å². The van der Waals surface area contributed by atoms with Crippen LogP contribution < -0.4 is 4.74 Å². The Balaban J connectivity index is 2.88. The van der Waals surface area contributed by atoms with Crippen molar-refractivity contribution in [2.45, 2.75) is 13.3 Å². The number of ether oxygens (including phenoxy) is 2. The van der Waals surface area contributed by atoms with Gasteiger partial charge in [-0.05, 0) is 24.6 Å². The molecular weight excluding hydrogens is 228 g/mol. The Morgan fingerprint density at radius 1 is 1.50 bits per heavy atom. The number of hydrogen-bond acceptors (Lipinski definition) is 3. The van der Waals surface area contributed by atoms with Crippen LogP contribution in [-0.4, -0.2) is 12.6 Å². The molecule has 1 rings (SSSR count). The summed E-state index contributed by atoms with van der Waals surface area (Å²) in [6.45, 7) is 5.89. The third-order valence-corrected chi connectivity index (χ3v) is 1.99. The monoisotopic (exact) mass is 240 g/mol. The van der Waals surface area contributed by atoms with Crippen molar-refractivity contribution < 1.29 is 14.3 Å². The number of hydrogen-bond donors (Lipinski definition) is 0. The smallest absolute Gasteiger partial charge is 0.343 e. The van der Waals surface area contributed by atoms with Crippen molar-refractivity contribution in [3.63, 3.8) is 0 Å². The zero-order valence-corrected chi connectivity index (χ0v) is 9.79. The third kappa shape index (κ3) is 3.59. The average molecular weight is 241 g/mol. The predicted molar refractivity (Wildman–Crippen MR) is 62.9 cm³/mol. The molecule has 0 unspecified atom stereocenters. The van der Waals surface area contributed by atoms with Crippen LogP contribution in [0.2, 0.25) is 5.02 Å². The Morgan fingerprint density at radius 3 is 2.88 bits per heavy atom. The maximum atomic E-state index is 11.4. The SMILES string of the molecule is C=COC(=O)c1cc(Cl)cc(OCCC)c1. The first kappa shape index (κ1) is 12.6. The second kappa shape index (κ2) is 6.18. The highest BCUT2D eigenvalue weighted by atomic mass is 35.5. The molecule has 0 aliphatic heterocycles. The highest BCUT2D eigenvalue weighted by Crippen LogP contribution is 2.21. The molecule has 3 nitrogen and oxygen atoms in total. The average Bonchev–Trinajstić information content (AvgIpc) is 2.26. The van der Waals surface area contributed by atoms with Crippen LogP contribution in [0.25, 0.3) is 0 Å². The summed E-state index contributed by atoms with van der Waals surface area (Å²) in [6.07, 6.45) is 1.97. The van der Waals surface area contributed by atoms with Gasteiger partial charge >= 0.3 is 5.97 Å². The molecule has 0 aromatic heterocycles. The van der Waals surface area contributed by atoms with Gasteiger partial charge in [-0.3, -0.25) is 0 Å². The predicted octanol–water partition coefficient (Wildman–Crippen LogP) is 3.43. The van der Waals surface area contributed by atoms with Crippen molar-refractivity contribution in [3.8, 4) is 5.75 Å². The minimum atomic E-state index is -0.501. The number of benzene rings is 1. The topological polar surface area (TPSA) is 35.5 Å². The molecule has 16 heavy (non-hydrogen) atoms. The molecule has 0 aliphatic carbocycles. The number of rotatable bonds is 5. The van der Waals surface area contributed by atoms with E-state index in [1.807, 2.05) is 6.92 Å². The van der Waals surface area contributed by atoms with Crippen molar-refractivity contribution in [3.05, 3.63) is 41.6 Å². The summed E-state index contributed by atoms with van der Waals surface area (Å²) in [7, 11) is 0. The summed E-state index contributed by atoms with van der Waals surface area (Å²) >= 11 is 5.86. The largest absolute Gasteiger partial charge is 0.494 e. The normalized spacial score (nSPS) is 9.62. The van der Waals surface area contributed by atoms with Gasteiger partial charge in [0.25, 0.3) is 0 Å². The molecule has 0 radical (unpaired) electrons. The van der Waals surface area contributed by atoms with E-state index in [4.69, 9.17) is 16.3 Å². The van der Waals surface area contributed by atoms with Crippen LogP contribution in [0.1, 0.15) is 23.7 Å². The van der Waals surface area contributed by atoms with Crippen LogP contribution in [0.3, 0.4) is 0 Å². The second-order valence-electron chi connectivity index (χ2n) is 3.10. The number of esters is 1. The van der Waals surface area contributed by atoms with Crippen LogP contribution in [-0.2, 0) is 4.74 Å². The van der Waals surface area contributed by atoms with E-state index in [2.05, 4.69) is 11.3 Å². The quantitative estimate of drug-likeness (QED) is 0.584. The van der Waals surface area contributed by atoms with Crippen LogP contribution >= 0.6 is 11.6 Å². The first-order valence-electron chi connectivity index (χ1n) is 4.92. The Labute approximate surface area is 99.6 Å². The molecular formula is C12H13ClO3. The Kier molecular flexibility index (Phi) is 4.86. The first-order valence-corrected chi connectivity index (χ1v) is 5.30. The fraction of sp³-hybridized carbons (Fsp3) is 0.250. The van der Waals surface area contributed by atoms with E-state index in [9.17, 15) is 4.79 Å². The van der Waals surface area contributed by atoms with E-state index in [-0.39, 0.29) is 0 Å². The lowest BCUT2D eigenvalue weighted by molar-refractivity contribution is 0.0663. The lowest BCUT2D eigenvalue weighted by Gasteiger charge is -2.07. The van der Waals surface area contributed by atoms with Gasteiger partial charge in [-0.25, -0.2) is 4.79 Å². The van der Waals surface area contributed by atoms with Crippen molar-refractivity contribution in [1.29, 1.82) is 0 Å². The molecule has 0 bridgehead atoms. The molecule has 1 aromatic rings. The highest BCUT2D eigenvalue weighted by molar-refractivity contribution is 6.31. The van der Waals surface area contributed by atoms with Crippen LogP contribution in [0, 0.1) is 0 Å². The van der Waals surface area contributed by atoms with Gasteiger partial charge in [0.1, 0.15) is 5.75 Å². The molecule has 4 heteroatoms. The van der Waals surface area contributed by atoms with Crippen molar-refractivity contribution in [2.24, 2.45) is 0 Å². The van der Waals surface area contributed by atoms with Crippen molar-refractivity contribution in [2.75, 3.05) is 6.61 Å². The van der Waals surface area contributed by atoms with Gasteiger partial charge in [0.2, 0.25) is 0 Å². The van der Waals surface area contributed by atoms with Gasteiger partial charge in [-0.2, -0.15) is 0 Å². The highest BCUT2D eigenvalue weighted by Gasteiger charge is 2.09. The molecule has 0 spiro atoms. The lowest BCUT2D eigenvalue weighted by atomic mass is 10.2. The van der Waals surface area contributed by atoms with Crippen molar-refractivity contribution in [1.82, 2.24) is 0 Å². The summed E-state index contributed by atoms with van der Waals surface area (Å²) in [5.74, 6) is 0.0595. The summed E-state index contributed by atoms with van der Waals surface area (Å²) in [6, 6.07) is 4.77. The summed E-state index contributed by atoms with van der Waals surface area (Å²) in [4.78, 5) is 11.4. The minimum Gasteiger partial charge on any atom is -0.494 e. The van der Waals surface area contributed by atoms with E-state index in [0.717, 1.165) is 12.7 Å². The lowest BCUT2D eigenvalue weighted by Crippen LogP contribution is -2.02. The van der Waals surface area contributed by atoms with E-state index < -0.39 is 5.97 Å². The number of carbonyl (C=O) groups excluding carboxylic acids is 1. The molecule has 0 atom stereocenters. The van der Waals surface area contributed by atoms with E-state index in [1.54, 1.807) is 12.1 Å². The third-order valence-electron chi connectivity index (χ3n) is 1.77. The Morgan fingerprint density at radius 2 is 2.25 bits per heavy atom. The maximum absolute atomic E-state index is 11.4. The molecule has 1 aromatic carbocycles. The van der Waals surface area contributed by atoms with Crippen LogP contribution in [0.15, 0.2) is 31.0 Å². The summed E-state index contributed by atoms with van der Waals surface area (Å²) < 4.78 is 10.0. The fourth-order valence-electron chi connectivity index (χ4n) is 1.13. The zero-order valence-electron chi connectivity index (χ0n) is 9.03.